The van der Waals surface area contributed by atoms with Gasteiger partial charge in [0.1, 0.15) is 11.9 Å². The van der Waals surface area contributed by atoms with Gasteiger partial charge in [-0.15, -0.1) is 0 Å². The summed E-state index contributed by atoms with van der Waals surface area (Å²) < 4.78 is 41.0. The number of carbonyl (C=O) groups excluding carboxylic acids is 2. The van der Waals surface area contributed by atoms with Gasteiger partial charge in [0.25, 0.3) is 0 Å². The largest absolute Gasteiger partial charge is 0.350 e. The Balaban J connectivity index is 1.37. The van der Waals surface area contributed by atoms with Gasteiger partial charge < -0.3 is 10.2 Å². The van der Waals surface area contributed by atoms with Crippen molar-refractivity contribution in [2.45, 2.75) is 49.7 Å². The van der Waals surface area contributed by atoms with Crippen molar-refractivity contribution >= 4 is 21.8 Å². The van der Waals surface area contributed by atoms with Gasteiger partial charge in [0.05, 0.1) is 4.90 Å². The molecule has 1 aliphatic heterocycles. The van der Waals surface area contributed by atoms with Gasteiger partial charge in [-0.3, -0.25) is 14.6 Å². The van der Waals surface area contributed by atoms with Crippen molar-refractivity contribution in [3.63, 3.8) is 0 Å². The Morgan fingerprint density at radius 3 is 2.20 bits per heavy atom. The molecule has 1 N–H and O–H groups in total. The van der Waals surface area contributed by atoms with Crippen molar-refractivity contribution in [1.82, 2.24) is 19.5 Å². The number of halogens is 1. The number of hydrogen-bond donors (Lipinski definition) is 1. The molecule has 1 aromatic heterocycles. The zero-order chi connectivity index (χ0) is 30.9. The first-order valence-corrected chi connectivity index (χ1v) is 16.1. The summed E-state index contributed by atoms with van der Waals surface area (Å²) in [7, 11) is -3.53. The van der Waals surface area contributed by atoms with Crippen LogP contribution in [0.5, 0.6) is 0 Å². The molecule has 2 amide bonds. The first-order valence-electron chi connectivity index (χ1n) is 14.7. The van der Waals surface area contributed by atoms with Crippen molar-refractivity contribution in [3.8, 4) is 0 Å². The molecule has 0 spiro atoms. The van der Waals surface area contributed by atoms with Gasteiger partial charge >= 0.3 is 0 Å². The molecule has 0 saturated carbocycles. The fraction of sp³-hybridized carbons (Fsp3) is 0.265. The normalized spacial score (nSPS) is 14.2. The van der Waals surface area contributed by atoms with Gasteiger partial charge in [-0.2, -0.15) is 4.31 Å². The summed E-state index contributed by atoms with van der Waals surface area (Å²) in [5, 5.41) is 2.95. The van der Waals surface area contributed by atoms with Crippen LogP contribution in [0.3, 0.4) is 0 Å². The molecule has 1 fully saturated rings. The molecule has 1 saturated heterocycles. The van der Waals surface area contributed by atoms with Crippen LogP contribution in [0.25, 0.3) is 0 Å². The number of aryl methyl sites for hydroxylation is 1. The lowest BCUT2D eigenvalue weighted by Crippen LogP contribution is -2.43. The summed E-state index contributed by atoms with van der Waals surface area (Å²) in [6, 6.07) is 24.3. The zero-order valence-electron chi connectivity index (χ0n) is 24.3. The topological polar surface area (TPSA) is 99.7 Å². The van der Waals surface area contributed by atoms with Gasteiger partial charge in [-0.05, 0) is 71.8 Å². The number of amides is 2. The van der Waals surface area contributed by atoms with E-state index in [1.54, 1.807) is 67.0 Å². The zero-order valence-corrected chi connectivity index (χ0v) is 25.1. The van der Waals surface area contributed by atoms with E-state index in [0.717, 1.165) is 24.0 Å². The fourth-order valence-electron chi connectivity index (χ4n) is 5.31. The monoisotopic (exact) mass is 614 g/mol. The van der Waals surface area contributed by atoms with Gasteiger partial charge in [0.2, 0.25) is 21.8 Å². The Morgan fingerprint density at radius 1 is 0.864 bits per heavy atom. The third kappa shape index (κ3) is 7.75. The number of pyridine rings is 1. The maximum Gasteiger partial charge on any atom is 0.247 e. The summed E-state index contributed by atoms with van der Waals surface area (Å²) in [6.45, 7) is 1.38. The summed E-state index contributed by atoms with van der Waals surface area (Å²) in [5.41, 5.74) is 2.94. The second kappa shape index (κ2) is 14.4. The standard InChI is InChI=1S/C34H35FN4O4S/c35-30-15-10-27(11-16-30)25-39(33(29-8-2-1-3-9-29)34(41)37-24-28-7-6-20-36-23-28)32(40)19-14-26-12-17-31(18-13-26)44(42,43)38-21-4-5-22-38/h1-3,6-13,15-18,20,23,33H,4-5,14,19,21-22,24-25H2,(H,37,41). The van der Waals surface area contributed by atoms with Gasteiger partial charge in [0, 0.05) is 45.0 Å². The molecule has 44 heavy (non-hydrogen) atoms. The van der Waals surface area contributed by atoms with E-state index in [9.17, 15) is 22.4 Å². The summed E-state index contributed by atoms with van der Waals surface area (Å²) in [6.07, 6.45) is 5.47. The molecule has 228 valence electrons. The van der Waals surface area contributed by atoms with E-state index in [1.165, 1.54) is 21.3 Å². The SMILES string of the molecule is O=C(NCc1cccnc1)C(c1ccccc1)N(Cc1ccc(F)cc1)C(=O)CCc1ccc(S(=O)(=O)N2CCCC2)cc1. The minimum absolute atomic E-state index is 0.0820. The maximum absolute atomic E-state index is 13.9. The molecule has 0 aliphatic carbocycles. The van der Waals surface area contributed by atoms with Crippen LogP contribution in [-0.2, 0) is 39.1 Å². The van der Waals surface area contributed by atoms with Crippen molar-refractivity contribution in [3.05, 3.63) is 131 Å². The smallest absolute Gasteiger partial charge is 0.247 e. The van der Waals surface area contributed by atoms with Gasteiger partial charge in [0.15, 0.2) is 0 Å². The number of benzene rings is 3. The van der Waals surface area contributed by atoms with E-state index in [0.29, 0.717) is 30.6 Å². The fourth-order valence-corrected chi connectivity index (χ4v) is 6.82. The van der Waals surface area contributed by atoms with Crippen LogP contribution in [0.15, 0.2) is 108 Å². The molecule has 1 aliphatic rings. The first kappa shape index (κ1) is 31.0. The number of hydrogen-bond acceptors (Lipinski definition) is 5. The van der Waals surface area contributed by atoms with Gasteiger partial charge in [-0.25, -0.2) is 12.8 Å². The molecule has 10 heteroatoms. The highest BCUT2D eigenvalue weighted by atomic mass is 32.2. The predicted octanol–water partition coefficient (Wildman–Crippen LogP) is 5.02. The van der Waals surface area contributed by atoms with Crippen LogP contribution in [0.4, 0.5) is 4.39 Å². The van der Waals surface area contributed by atoms with Crippen LogP contribution >= 0.6 is 0 Å². The summed E-state index contributed by atoms with van der Waals surface area (Å²) in [4.78, 5) is 33.6. The minimum atomic E-state index is -3.53. The highest BCUT2D eigenvalue weighted by molar-refractivity contribution is 7.89. The lowest BCUT2D eigenvalue weighted by molar-refractivity contribution is -0.141. The van der Waals surface area contributed by atoms with E-state index in [-0.39, 0.29) is 36.2 Å². The minimum Gasteiger partial charge on any atom is -0.350 e. The predicted molar refractivity (Wildman–Crippen MR) is 165 cm³/mol. The molecule has 1 unspecified atom stereocenters. The van der Waals surface area contributed by atoms with Gasteiger partial charge in [-0.1, -0.05) is 60.7 Å². The molecule has 8 nitrogen and oxygen atoms in total. The average molecular weight is 615 g/mol. The Hall–Kier alpha value is -4.41. The lowest BCUT2D eigenvalue weighted by Gasteiger charge is -2.32. The van der Waals surface area contributed by atoms with E-state index in [4.69, 9.17) is 0 Å². The van der Waals surface area contributed by atoms with E-state index >= 15 is 0 Å². The first-order chi connectivity index (χ1) is 21.3. The highest BCUT2D eigenvalue weighted by Crippen LogP contribution is 2.26. The number of rotatable bonds is 12. The van der Waals surface area contributed by atoms with Crippen LogP contribution in [0.1, 0.15) is 47.6 Å². The summed E-state index contributed by atoms with van der Waals surface area (Å²) in [5.74, 6) is -1.02. The van der Waals surface area contributed by atoms with Crippen molar-refractivity contribution in [2.75, 3.05) is 13.1 Å². The Bertz CT molecular complexity index is 1650. The molecule has 2 heterocycles. The molecule has 1 atom stereocenters. The molecule has 5 rings (SSSR count). The van der Waals surface area contributed by atoms with Crippen molar-refractivity contribution in [2.24, 2.45) is 0 Å². The van der Waals surface area contributed by atoms with Crippen LogP contribution in [-0.4, -0.2) is 47.5 Å². The van der Waals surface area contributed by atoms with Crippen molar-refractivity contribution in [1.29, 1.82) is 0 Å². The summed E-state index contributed by atoms with van der Waals surface area (Å²) >= 11 is 0. The van der Waals surface area contributed by atoms with Crippen LogP contribution < -0.4 is 5.32 Å². The molecular weight excluding hydrogens is 579 g/mol. The highest BCUT2D eigenvalue weighted by Gasteiger charge is 2.31. The Kier molecular flexibility index (Phi) is 10.1. The second-order valence-electron chi connectivity index (χ2n) is 10.8. The molecule has 0 bridgehead atoms. The molecule has 0 radical (unpaired) electrons. The Labute approximate surface area is 257 Å². The number of carbonyl (C=O) groups is 2. The maximum atomic E-state index is 13.9. The number of nitrogens with one attached hydrogen (secondary N) is 1. The molecule has 4 aromatic rings. The quantitative estimate of drug-likeness (QED) is 0.242. The van der Waals surface area contributed by atoms with Crippen LogP contribution in [0.2, 0.25) is 0 Å². The van der Waals surface area contributed by atoms with Crippen molar-refractivity contribution < 1.29 is 22.4 Å². The number of sulfonamides is 1. The van der Waals surface area contributed by atoms with E-state index in [2.05, 4.69) is 10.3 Å². The lowest BCUT2D eigenvalue weighted by atomic mass is 10.0. The third-order valence-electron chi connectivity index (χ3n) is 7.71. The van der Waals surface area contributed by atoms with E-state index < -0.39 is 21.9 Å². The third-order valence-corrected chi connectivity index (χ3v) is 9.62. The second-order valence-corrected chi connectivity index (χ2v) is 12.7. The number of aromatic nitrogens is 1. The molecular formula is C34H35FN4O4S. The average Bonchev–Trinajstić information content (AvgIpc) is 3.61. The van der Waals surface area contributed by atoms with Crippen LogP contribution in [0, 0.1) is 5.82 Å². The van der Waals surface area contributed by atoms with E-state index in [1.807, 2.05) is 24.3 Å². The number of nitrogens with zero attached hydrogens (tertiary/aromatic N) is 3. The molecule has 3 aromatic carbocycles. The Morgan fingerprint density at radius 2 is 1.55 bits per heavy atom.